The summed E-state index contributed by atoms with van der Waals surface area (Å²) < 4.78 is 0. The van der Waals surface area contributed by atoms with Crippen LogP contribution in [0.4, 0.5) is 0 Å². The van der Waals surface area contributed by atoms with Crippen LogP contribution in [0, 0.1) is 11.3 Å². The van der Waals surface area contributed by atoms with Gasteiger partial charge >= 0.3 is 0 Å². The normalized spacial score (nSPS) is 17.1. The van der Waals surface area contributed by atoms with Crippen LogP contribution >= 0.6 is 0 Å². The molecule has 0 unspecified atom stereocenters. The fourth-order valence-corrected chi connectivity index (χ4v) is 2.21. The zero-order chi connectivity index (χ0) is 10.9. The Balaban J connectivity index is 2.07. The summed E-state index contributed by atoms with van der Waals surface area (Å²) in [7, 11) is 0. The number of hydrogen-bond donors (Lipinski definition) is 0. The molecule has 1 rings (SSSR count). The highest BCUT2D eigenvalue weighted by Gasteiger charge is 2.11. The maximum atomic E-state index is 8.67. The van der Waals surface area contributed by atoms with Crippen molar-refractivity contribution in [2.24, 2.45) is 0 Å². The first-order valence-corrected chi connectivity index (χ1v) is 6.18. The van der Waals surface area contributed by atoms with Gasteiger partial charge in [-0.05, 0) is 51.9 Å². The maximum Gasteiger partial charge on any atom is 0.0865 e. The van der Waals surface area contributed by atoms with E-state index in [9.17, 15) is 0 Å². The van der Waals surface area contributed by atoms with Gasteiger partial charge in [-0.3, -0.25) is 4.90 Å². The number of nitriles is 1. The van der Waals surface area contributed by atoms with Crippen molar-refractivity contribution in [2.75, 3.05) is 39.3 Å². The van der Waals surface area contributed by atoms with Crippen molar-refractivity contribution in [1.82, 2.24) is 9.80 Å². The standard InChI is InChI=1S/C12H23N3/c1-2-7-14(12-6-13)10-5-11-15-8-3-4-9-15/h2-5,7-12H2,1H3. The van der Waals surface area contributed by atoms with Crippen LogP contribution in [0.2, 0.25) is 0 Å². The van der Waals surface area contributed by atoms with E-state index in [-0.39, 0.29) is 0 Å². The molecule has 0 aromatic rings. The fraction of sp³-hybridized carbons (Fsp3) is 0.917. The molecule has 1 aliphatic rings. The van der Waals surface area contributed by atoms with Crippen LogP contribution in [-0.4, -0.2) is 49.1 Å². The lowest BCUT2D eigenvalue weighted by Gasteiger charge is -2.20. The number of likely N-dealkylation sites (tertiary alicyclic amines) is 1. The van der Waals surface area contributed by atoms with Gasteiger partial charge in [0.25, 0.3) is 0 Å². The molecule has 3 heteroatoms. The lowest BCUT2D eigenvalue weighted by molar-refractivity contribution is 0.265. The average molecular weight is 209 g/mol. The summed E-state index contributed by atoms with van der Waals surface area (Å²) >= 11 is 0. The van der Waals surface area contributed by atoms with Crippen molar-refractivity contribution < 1.29 is 0 Å². The number of rotatable bonds is 7. The molecule has 0 aromatic carbocycles. The van der Waals surface area contributed by atoms with Gasteiger partial charge in [-0.1, -0.05) is 6.92 Å². The van der Waals surface area contributed by atoms with Crippen LogP contribution in [-0.2, 0) is 0 Å². The fourth-order valence-electron chi connectivity index (χ4n) is 2.21. The molecule has 86 valence electrons. The lowest BCUT2D eigenvalue weighted by Crippen LogP contribution is -2.29. The van der Waals surface area contributed by atoms with Crippen LogP contribution in [0.25, 0.3) is 0 Å². The Morgan fingerprint density at radius 3 is 2.60 bits per heavy atom. The van der Waals surface area contributed by atoms with Gasteiger partial charge < -0.3 is 4.90 Å². The maximum absolute atomic E-state index is 8.67. The van der Waals surface area contributed by atoms with E-state index in [4.69, 9.17) is 5.26 Å². The minimum absolute atomic E-state index is 0.591. The molecular formula is C12H23N3. The van der Waals surface area contributed by atoms with Crippen LogP contribution in [0.15, 0.2) is 0 Å². The second kappa shape index (κ2) is 7.67. The molecule has 1 heterocycles. The van der Waals surface area contributed by atoms with Crippen molar-refractivity contribution in [2.45, 2.75) is 32.6 Å². The Morgan fingerprint density at radius 1 is 1.27 bits per heavy atom. The predicted molar refractivity (Wildman–Crippen MR) is 62.6 cm³/mol. The molecule has 0 aromatic heterocycles. The topological polar surface area (TPSA) is 30.3 Å². The number of hydrogen-bond acceptors (Lipinski definition) is 3. The van der Waals surface area contributed by atoms with Crippen molar-refractivity contribution >= 4 is 0 Å². The highest BCUT2D eigenvalue weighted by molar-refractivity contribution is 4.76. The van der Waals surface area contributed by atoms with Gasteiger partial charge in [0, 0.05) is 6.54 Å². The molecule has 15 heavy (non-hydrogen) atoms. The van der Waals surface area contributed by atoms with Crippen LogP contribution in [0.3, 0.4) is 0 Å². The molecule has 1 fully saturated rings. The molecule has 0 saturated carbocycles. The molecular weight excluding hydrogens is 186 g/mol. The largest absolute Gasteiger partial charge is 0.303 e. The third-order valence-electron chi connectivity index (χ3n) is 2.98. The Morgan fingerprint density at radius 2 is 2.00 bits per heavy atom. The Kier molecular flexibility index (Phi) is 6.38. The average Bonchev–Trinajstić information content (AvgIpc) is 2.71. The summed E-state index contributed by atoms with van der Waals surface area (Å²) in [5, 5.41) is 8.67. The minimum atomic E-state index is 0.591. The first-order chi connectivity index (χ1) is 7.36. The van der Waals surface area contributed by atoms with E-state index in [2.05, 4.69) is 22.8 Å². The molecule has 0 bridgehead atoms. The highest BCUT2D eigenvalue weighted by atomic mass is 15.2. The molecule has 0 amide bonds. The molecule has 0 N–H and O–H groups in total. The Hall–Kier alpha value is -0.590. The Labute approximate surface area is 93.7 Å². The summed E-state index contributed by atoms with van der Waals surface area (Å²) in [6.07, 6.45) is 5.10. The zero-order valence-corrected chi connectivity index (χ0v) is 9.91. The SMILES string of the molecule is CCCN(CC#N)CCCN1CCCC1. The molecule has 3 nitrogen and oxygen atoms in total. The van der Waals surface area contributed by atoms with Crippen molar-refractivity contribution in [3.05, 3.63) is 0 Å². The first kappa shape index (κ1) is 12.5. The van der Waals surface area contributed by atoms with Gasteiger partial charge in [0.2, 0.25) is 0 Å². The van der Waals surface area contributed by atoms with Crippen LogP contribution < -0.4 is 0 Å². The molecule has 0 radical (unpaired) electrons. The third-order valence-corrected chi connectivity index (χ3v) is 2.98. The van der Waals surface area contributed by atoms with Crippen molar-refractivity contribution in [3.63, 3.8) is 0 Å². The van der Waals surface area contributed by atoms with Crippen molar-refractivity contribution in [1.29, 1.82) is 5.26 Å². The lowest BCUT2D eigenvalue weighted by atomic mass is 10.3. The molecule has 0 atom stereocenters. The van der Waals surface area contributed by atoms with E-state index in [1.807, 2.05) is 0 Å². The van der Waals surface area contributed by atoms with Gasteiger partial charge in [-0.15, -0.1) is 0 Å². The molecule has 0 spiro atoms. The number of nitrogens with zero attached hydrogens (tertiary/aromatic N) is 3. The van der Waals surface area contributed by atoms with E-state index in [0.717, 1.165) is 19.5 Å². The van der Waals surface area contributed by atoms with E-state index < -0.39 is 0 Å². The molecule has 1 aliphatic heterocycles. The highest BCUT2D eigenvalue weighted by Crippen LogP contribution is 2.07. The van der Waals surface area contributed by atoms with Crippen LogP contribution in [0.5, 0.6) is 0 Å². The zero-order valence-electron chi connectivity index (χ0n) is 9.91. The summed E-state index contributed by atoms with van der Waals surface area (Å²) in [6, 6.07) is 2.24. The first-order valence-electron chi connectivity index (χ1n) is 6.18. The summed E-state index contributed by atoms with van der Waals surface area (Å²) in [5.41, 5.74) is 0. The van der Waals surface area contributed by atoms with E-state index in [0.29, 0.717) is 6.54 Å². The van der Waals surface area contributed by atoms with Gasteiger partial charge in [0.15, 0.2) is 0 Å². The van der Waals surface area contributed by atoms with Gasteiger partial charge in [-0.25, -0.2) is 0 Å². The summed E-state index contributed by atoms with van der Waals surface area (Å²) in [5.74, 6) is 0. The van der Waals surface area contributed by atoms with E-state index in [1.165, 1.54) is 38.9 Å². The molecule has 0 aliphatic carbocycles. The predicted octanol–water partition coefficient (Wildman–Crippen LogP) is 1.71. The minimum Gasteiger partial charge on any atom is -0.303 e. The smallest absolute Gasteiger partial charge is 0.0865 e. The van der Waals surface area contributed by atoms with Crippen molar-refractivity contribution in [3.8, 4) is 6.07 Å². The van der Waals surface area contributed by atoms with Gasteiger partial charge in [0.05, 0.1) is 12.6 Å². The van der Waals surface area contributed by atoms with Gasteiger partial charge in [-0.2, -0.15) is 5.26 Å². The molecule has 1 saturated heterocycles. The van der Waals surface area contributed by atoms with Gasteiger partial charge in [0.1, 0.15) is 0 Å². The van der Waals surface area contributed by atoms with E-state index in [1.54, 1.807) is 0 Å². The second-order valence-electron chi connectivity index (χ2n) is 4.34. The van der Waals surface area contributed by atoms with Crippen LogP contribution in [0.1, 0.15) is 32.6 Å². The van der Waals surface area contributed by atoms with E-state index >= 15 is 0 Å². The summed E-state index contributed by atoms with van der Waals surface area (Å²) in [4.78, 5) is 4.80. The monoisotopic (exact) mass is 209 g/mol. The quantitative estimate of drug-likeness (QED) is 0.598. The summed E-state index contributed by atoms with van der Waals surface area (Å²) in [6.45, 7) is 8.69. The second-order valence-corrected chi connectivity index (χ2v) is 4.34. The Bertz CT molecular complexity index is 192. The third kappa shape index (κ3) is 5.15.